The fourth-order valence-corrected chi connectivity index (χ4v) is 1.52. The van der Waals surface area contributed by atoms with Gasteiger partial charge in [-0.25, -0.2) is 9.37 Å². The minimum atomic E-state index is -4.50. The smallest absolute Gasteiger partial charge is 0.373 e. The molecule has 2 aromatic rings. The molecule has 0 spiro atoms. The lowest BCUT2D eigenvalue weighted by molar-refractivity contribution is -0.137. The molecule has 0 fully saturated rings. The van der Waals surface area contributed by atoms with Crippen molar-refractivity contribution in [3.63, 3.8) is 0 Å². The third-order valence-electron chi connectivity index (χ3n) is 2.41. The SMILES string of the molecule is CNc1cc(C(F)(F)F)cc(-c2cncc(F)c2)n1. The van der Waals surface area contributed by atoms with Crippen LogP contribution in [0.25, 0.3) is 11.3 Å². The van der Waals surface area contributed by atoms with Crippen LogP contribution in [0.2, 0.25) is 0 Å². The molecule has 0 aliphatic heterocycles. The number of pyridine rings is 2. The zero-order valence-electron chi connectivity index (χ0n) is 9.79. The molecular formula is C12H9F4N3. The van der Waals surface area contributed by atoms with Gasteiger partial charge in [-0.2, -0.15) is 13.2 Å². The van der Waals surface area contributed by atoms with Gasteiger partial charge in [0, 0.05) is 18.8 Å². The molecule has 3 nitrogen and oxygen atoms in total. The molecule has 7 heteroatoms. The summed E-state index contributed by atoms with van der Waals surface area (Å²) in [6.07, 6.45) is -2.27. The number of nitrogens with zero attached hydrogens (tertiary/aromatic N) is 2. The molecule has 2 heterocycles. The van der Waals surface area contributed by atoms with Crippen LogP contribution < -0.4 is 5.32 Å². The number of anilines is 1. The molecule has 19 heavy (non-hydrogen) atoms. The third kappa shape index (κ3) is 2.98. The predicted molar refractivity (Wildman–Crippen MR) is 62.0 cm³/mol. The standard InChI is InChI=1S/C12H9F4N3/c1-17-11-4-8(12(14,15)16)3-10(19-11)7-2-9(13)6-18-5-7/h2-6H,1H3,(H,17,19). The molecule has 0 atom stereocenters. The summed E-state index contributed by atoms with van der Waals surface area (Å²) in [5, 5.41) is 2.54. The topological polar surface area (TPSA) is 37.8 Å². The second kappa shape index (κ2) is 4.83. The van der Waals surface area contributed by atoms with E-state index < -0.39 is 17.6 Å². The van der Waals surface area contributed by atoms with Gasteiger partial charge in [0.05, 0.1) is 17.5 Å². The quantitative estimate of drug-likeness (QED) is 0.851. The Labute approximate surface area is 106 Å². The summed E-state index contributed by atoms with van der Waals surface area (Å²) in [6, 6.07) is 2.82. The second-order valence-electron chi connectivity index (χ2n) is 3.77. The molecule has 0 radical (unpaired) electrons. The molecule has 0 aliphatic carbocycles. The van der Waals surface area contributed by atoms with Crippen molar-refractivity contribution in [1.82, 2.24) is 9.97 Å². The van der Waals surface area contributed by atoms with Crippen LogP contribution in [0.5, 0.6) is 0 Å². The summed E-state index contributed by atoms with van der Waals surface area (Å²) in [4.78, 5) is 7.55. The van der Waals surface area contributed by atoms with E-state index in [1.54, 1.807) is 0 Å². The lowest BCUT2D eigenvalue weighted by atomic mass is 10.1. The minimum Gasteiger partial charge on any atom is -0.373 e. The molecule has 0 saturated carbocycles. The van der Waals surface area contributed by atoms with Crippen molar-refractivity contribution in [1.29, 1.82) is 0 Å². The lowest BCUT2D eigenvalue weighted by Gasteiger charge is -2.11. The van der Waals surface area contributed by atoms with Crippen LogP contribution in [-0.2, 0) is 6.18 Å². The van der Waals surface area contributed by atoms with E-state index in [9.17, 15) is 17.6 Å². The van der Waals surface area contributed by atoms with E-state index >= 15 is 0 Å². The Balaban J connectivity index is 2.57. The Bertz CT molecular complexity index is 596. The van der Waals surface area contributed by atoms with Gasteiger partial charge in [0.2, 0.25) is 0 Å². The van der Waals surface area contributed by atoms with Crippen molar-refractivity contribution in [3.8, 4) is 11.3 Å². The van der Waals surface area contributed by atoms with Crippen molar-refractivity contribution in [2.75, 3.05) is 12.4 Å². The van der Waals surface area contributed by atoms with Gasteiger partial charge in [-0.15, -0.1) is 0 Å². The maximum Gasteiger partial charge on any atom is 0.416 e. The van der Waals surface area contributed by atoms with Crippen molar-refractivity contribution in [2.45, 2.75) is 6.18 Å². The Hall–Kier alpha value is -2.18. The Morgan fingerprint density at radius 1 is 1.11 bits per heavy atom. The van der Waals surface area contributed by atoms with Crippen molar-refractivity contribution in [2.24, 2.45) is 0 Å². The molecular weight excluding hydrogens is 262 g/mol. The highest BCUT2D eigenvalue weighted by atomic mass is 19.4. The number of rotatable bonds is 2. The highest BCUT2D eigenvalue weighted by molar-refractivity contribution is 5.62. The highest BCUT2D eigenvalue weighted by Gasteiger charge is 2.31. The molecule has 2 aromatic heterocycles. The Morgan fingerprint density at radius 3 is 2.42 bits per heavy atom. The summed E-state index contributed by atoms with van der Waals surface area (Å²) in [7, 11) is 1.45. The summed E-state index contributed by atoms with van der Waals surface area (Å²) < 4.78 is 51.2. The molecule has 0 amide bonds. The summed E-state index contributed by atoms with van der Waals surface area (Å²) in [5.74, 6) is -0.586. The van der Waals surface area contributed by atoms with Gasteiger partial charge < -0.3 is 5.32 Å². The van der Waals surface area contributed by atoms with E-state index in [-0.39, 0.29) is 17.1 Å². The number of alkyl halides is 3. The third-order valence-corrected chi connectivity index (χ3v) is 2.41. The first-order valence-electron chi connectivity index (χ1n) is 5.28. The first-order chi connectivity index (χ1) is 8.90. The van der Waals surface area contributed by atoms with Crippen LogP contribution in [0, 0.1) is 5.82 Å². The summed E-state index contributed by atoms with van der Waals surface area (Å²) in [6.45, 7) is 0. The van der Waals surface area contributed by atoms with Crippen LogP contribution in [0.1, 0.15) is 5.56 Å². The summed E-state index contributed by atoms with van der Waals surface area (Å²) in [5.41, 5.74) is -0.667. The molecule has 0 unspecified atom stereocenters. The maximum absolute atomic E-state index is 13.0. The van der Waals surface area contributed by atoms with Gasteiger partial charge in [0.25, 0.3) is 0 Å². The Morgan fingerprint density at radius 2 is 1.84 bits per heavy atom. The normalized spacial score (nSPS) is 11.4. The van der Waals surface area contributed by atoms with Crippen molar-refractivity contribution >= 4 is 5.82 Å². The van der Waals surface area contributed by atoms with Crippen LogP contribution >= 0.6 is 0 Å². The number of hydrogen-bond acceptors (Lipinski definition) is 3. The van der Waals surface area contributed by atoms with Crippen molar-refractivity contribution < 1.29 is 17.6 Å². The average molecular weight is 271 g/mol. The average Bonchev–Trinajstić information content (AvgIpc) is 2.37. The molecule has 0 aromatic carbocycles. The van der Waals surface area contributed by atoms with E-state index in [0.29, 0.717) is 0 Å². The molecule has 1 N–H and O–H groups in total. The predicted octanol–water partition coefficient (Wildman–Crippen LogP) is 3.34. The minimum absolute atomic E-state index is 0.00572. The van der Waals surface area contributed by atoms with Gasteiger partial charge in [-0.3, -0.25) is 4.98 Å². The van der Waals surface area contributed by atoms with Gasteiger partial charge in [0.15, 0.2) is 0 Å². The van der Waals surface area contributed by atoms with Crippen LogP contribution in [0.3, 0.4) is 0 Å². The monoisotopic (exact) mass is 271 g/mol. The highest BCUT2D eigenvalue weighted by Crippen LogP contribution is 2.33. The molecule has 0 saturated heterocycles. The fourth-order valence-electron chi connectivity index (χ4n) is 1.52. The molecule has 100 valence electrons. The fraction of sp³-hybridized carbons (Fsp3) is 0.167. The number of halogens is 4. The first kappa shape index (κ1) is 13.3. The summed E-state index contributed by atoms with van der Waals surface area (Å²) >= 11 is 0. The zero-order chi connectivity index (χ0) is 14.0. The zero-order valence-corrected chi connectivity index (χ0v) is 9.79. The second-order valence-corrected chi connectivity index (χ2v) is 3.77. The van der Waals surface area contributed by atoms with E-state index in [1.807, 2.05) is 0 Å². The Kier molecular flexibility index (Phi) is 3.37. The van der Waals surface area contributed by atoms with E-state index in [0.717, 1.165) is 24.4 Å². The van der Waals surface area contributed by atoms with Crippen LogP contribution in [0.4, 0.5) is 23.4 Å². The van der Waals surface area contributed by atoms with Gasteiger partial charge in [-0.1, -0.05) is 0 Å². The number of hydrogen-bond donors (Lipinski definition) is 1. The van der Waals surface area contributed by atoms with Crippen molar-refractivity contribution in [3.05, 3.63) is 42.0 Å². The molecule has 0 aliphatic rings. The van der Waals surface area contributed by atoms with Gasteiger partial charge in [-0.05, 0) is 18.2 Å². The van der Waals surface area contributed by atoms with Gasteiger partial charge in [0.1, 0.15) is 11.6 Å². The largest absolute Gasteiger partial charge is 0.416 e. The van der Waals surface area contributed by atoms with E-state index in [4.69, 9.17) is 0 Å². The number of aromatic nitrogens is 2. The molecule has 0 bridgehead atoms. The number of nitrogens with one attached hydrogen (secondary N) is 1. The van der Waals surface area contributed by atoms with E-state index in [1.165, 1.54) is 13.2 Å². The van der Waals surface area contributed by atoms with E-state index in [2.05, 4.69) is 15.3 Å². The maximum atomic E-state index is 13.0. The first-order valence-corrected chi connectivity index (χ1v) is 5.28. The lowest BCUT2D eigenvalue weighted by Crippen LogP contribution is -2.07. The van der Waals surface area contributed by atoms with Gasteiger partial charge >= 0.3 is 6.18 Å². The van der Waals surface area contributed by atoms with Crippen LogP contribution in [0.15, 0.2) is 30.6 Å². The molecule has 2 rings (SSSR count). The van der Waals surface area contributed by atoms with Crippen LogP contribution in [-0.4, -0.2) is 17.0 Å².